The molecule has 0 saturated carbocycles. The summed E-state index contributed by atoms with van der Waals surface area (Å²) < 4.78 is 18.7. The van der Waals surface area contributed by atoms with E-state index in [9.17, 15) is 9.18 Å². The van der Waals surface area contributed by atoms with Crippen LogP contribution in [0, 0.1) is 5.82 Å². The number of ether oxygens (including phenoxy) is 1. The van der Waals surface area contributed by atoms with Crippen LogP contribution in [0.4, 0.5) is 9.18 Å². The van der Waals surface area contributed by atoms with Crippen LogP contribution >= 0.6 is 0 Å². The zero-order chi connectivity index (χ0) is 21.2. The molecule has 0 aliphatic carbocycles. The highest BCUT2D eigenvalue weighted by atomic mass is 19.1. The normalized spacial score (nSPS) is 13.2. The molecule has 0 bridgehead atoms. The van der Waals surface area contributed by atoms with Crippen LogP contribution in [0.15, 0.2) is 29.3 Å². The third-order valence-electron chi connectivity index (χ3n) is 3.86. The molecule has 28 heavy (non-hydrogen) atoms. The maximum absolute atomic E-state index is 13.5. The number of rotatable bonds is 8. The Hall–Kier alpha value is -2.35. The molecule has 8 heteroatoms. The first kappa shape index (κ1) is 23.7. The number of aliphatic imine (C=N–C) groups is 1. The Morgan fingerprint density at radius 1 is 1.21 bits per heavy atom. The Balaban J connectivity index is 2.38. The van der Waals surface area contributed by atoms with E-state index >= 15 is 0 Å². The van der Waals surface area contributed by atoms with Gasteiger partial charge in [0, 0.05) is 26.7 Å². The fourth-order valence-electron chi connectivity index (χ4n) is 2.53. The summed E-state index contributed by atoms with van der Waals surface area (Å²) in [5.41, 5.74) is 0.397. The van der Waals surface area contributed by atoms with Crippen LogP contribution < -0.4 is 16.0 Å². The summed E-state index contributed by atoms with van der Waals surface area (Å²) >= 11 is 0. The van der Waals surface area contributed by atoms with Crippen LogP contribution in [0.1, 0.15) is 38.8 Å². The summed E-state index contributed by atoms with van der Waals surface area (Å²) in [5.74, 6) is 0.407. The van der Waals surface area contributed by atoms with Crippen molar-refractivity contribution in [3.05, 3.63) is 35.6 Å². The third-order valence-corrected chi connectivity index (χ3v) is 3.86. The minimum atomic E-state index is -0.501. The van der Waals surface area contributed by atoms with E-state index in [-0.39, 0.29) is 11.9 Å². The Morgan fingerprint density at radius 3 is 2.46 bits per heavy atom. The number of hydrogen-bond acceptors (Lipinski definition) is 4. The number of hydrogen-bond donors (Lipinski definition) is 3. The number of likely N-dealkylation sites (N-methyl/N-ethyl adjacent to an activating group) is 1. The number of halogens is 1. The molecule has 3 N–H and O–H groups in total. The van der Waals surface area contributed by atoms with E-state index in [1.54, 1.807) is 19.2 Å². The lowest BCUT2D eigenvalue weighted by molar-refractivity contribution is 0.0527. The lowest BCUT2D eigenvalue weighted by Crippen LogP contribution is -2.42. The molecule has 0 aliphatic heterocycles. The van der Waals surface area contributed by atoms with Gasteiger partial charge in [-0.15, -0.1) is 0 Å². The van der Waals surface area contributed by atoms with Gasteiger partial charge in [0.05, 0.1) is 6.04 Å². The summed E-state index contributed by atoms with van der Waals surface area (Å²) in [6, 6.07) is 6.61. The SMILES string of the molecule is CN=C(NCCCNC(=O)OC(C)(C)C)NCC(c1cccc(F)c1)N(C)C. The second-order valence-corrected chi connectivity index (χ2v) is 7.70. The van der Waals surface area contributed by atoms with Gasteiger partial charge in [-0.05, 0) is 59.0 Å². The van der Waals surface area contributed by atoms with E-state index < -0.39 is 11.7 Å². The molecule has 0 heterocycles. The van der Waals surface area contributed by atoms with Crippen LogP contribution in [-0.4, -0.2) is 63.3 Å². The smallest absolute Gasteiger partial charge is 0.407 e. The first-order valence-corrected chi connectivity index (χ1v) is 9.45. The van der Waals surface area contributed by atoms with Crippen molar-refractivity contribution >= 4 is 12.1 Å². The molecule has 7 nitrogen and oxygen atoms in total. The second kappa shape index (κ2) is 11.5. The number of nitrogens with one attached hydrogen (secondary N) is 3. The van der Waals surface area contributed by atoms with Gasteiger partial charge in [-0.25, -0.2) is 9.18 Å². The Morgan fingerprint density at radius 2 is 1.89 bits per heavy atom. The van der Waals surface area contributed by atoms with Gasteiger partial charge in [-0.3, -0.25) is 4.99 Å². The van der Waals surface area contributed by atoms with Gasteiger partial charge in [0.2, 0.25) is 0 Å². The fourth-order valence-corrected chi connectivity index (χ4v) is 2.53. The molecule has 0 aromatic heterocycles. The predicted octanol–water partition coefficient (Wildman–Crippen LogP) is 2.51. The van der Waals surface area contributed by atoms with Crippen molar-refractivity contribution in [1.29, 1.82) is 0 Å². The summed E-state index contributed by atoms with van der Waals surface area (Å²) in [6.45, 7) is 7.20. The molecular formula is C20H34FN5O2. The van der Waals surface area contributed by atoms with E-state index in [1.807, 2.05) is 45.8 Å². The molecule has 1 amide bonds. The topological polar surface area (TPSA) is 78.0 Å². The van der Waals surface area contributed by atoms with E-state index in [2.05, 4.69) is 20.9 Å². The molecule has 1 atom stereocenters. The molecule has 0 fully saturated rings. The van der Waals surface area contributed by atoms with E-state index in [0.717, 1.165) is 12.0 Å². The molecule has 1 aromatic rings. The van der Waals surface area contributed by atoms with E-state index in [4.69, 9.17) is 4.74 Å². The summed E-state index contributed by atoms with van der Waals surface area (Å²) in [4.78, 5) is 17.8. The number of alkyl carbamates (subject to hydrolysis) is 1. The Bertz CT molecular complexity index is 644. The minimum Gasteiger partial charge on any atom is -0.444 e. The van der Waals surface area contributed by atoms with Crippen molar-refractivity contribution in [2.45, 2.75) is 38.8 Å². The highest BCUT2D eigenvalue weighted by Crippen LogP contribution is 2.18. The maximum Gasteiger partial charge on any atom is 0.407 e. The number of carbonyl (C=O) groups is 1. The lowest BCUT2D eigenvalue weighted by Gasteiger charge is -2.26. The molecular weight excluding hydrogens is 361 g/mol. The molecule has 158 valence electrons. The highest BCUT2D eigenvalue weighted by Gasteiger charge is 2.16. The van der Waals surface area contributed by atoms with Crippen molar-refractivity contribution in [3.63, 3.8) is 0 Å². The van der Waals surface area contributed by atoms with Crippen molar-refractivity contribution in [2.75, 3.05) is 40.8 Å². The van der Waals surface area contributed by atoms with Crippen LogP contribution in [0.5, 0.6) is 0 Å². The number of benzene rings is 1. The van der Waals surface area contributed by atoms with E-state index in [1.165, 1.54) is 6.07 Å². The van der Waals surface area contributed by atoms with Gasteiger partial charge in [-0.2, -0.15) is 0 Å². The molecule has 1 aromatic carbocycles. The highest BCUT2D eigenvalue weighted by molar-refractivity contribution is 5.79. The molecule has 0 radical (unpaired) electrons. The van der Waals surface area contributed by atoms with Crippen LogP contribution in [0.3, 0.4) is 0 Å². The lowest BCUT2D eigenvalue weighted by atomic mass is 10.1. The molecule has 1 unspecified atom stereocenters. The third kappa shape index (κ3) is 9.55. The van der Waals surface area contributed by atoms with Gasteiger partial charge in [0.25, 0.3) is 0 Å². The summed E-state index contributed by atoms with van der Waals surface area (Å²) in [5, 5.41) is 9.18. The second-order valence-electron chi connectivity index (χ2n) is 7.70. The van der Waals surface area contributed by atoms with Crippen LogP contribution in [0.25, 0.3) is 0 Å². The zero-order valence-corrected chi connectivity index (χ0v) is 17.8. The van der Waals surface area contributed by atoms with Crippen molar-refractivity contribution in [3.8, 4) is 0 Å². The zero-order valence-electron chi connectivity index (χ0n) is 17.8. The number of guanidine groups is 1. The maximum atomic E-state index is 13.5. The monoisotopic (exact) mass is 395 g/mol. The van der Waals surface area contributed by atoms with Crippen molar-refractivity contribution < 1.29 is 13.9 Å². The van der Waals surface area contributed by atoms with Gasteiger partial charge < -0.3 is 25.6 Å². The van der Waals surface area contributed by atoms with Crippen molar-refractivity contribution in [2.24, 2.45) is 4.99 Å². The average Bonchev–Trinajstić information content (AvgIpc) is 2.58. The molecule has 0 aliphatic rings. The Kier molecular flexibility index (Phi) is 9.72. The van der Waals surface area contributed by atoms with E-state index in [0.29, 0.717) is 25.6 Å². The van der Waals surface area contributed by atoms with Crippen LogP contribution in [-0.2, 0) is 4.74 Å². The first-order valence-electron chi connectivity index (χ1n) is 9.45. The van der Waals surface area contributed by atoms with Crippen molar-refractivity contribution in [1.82, 2.24) is 20.9 Å². The summed E-state index contributed by atoms with van der Waals surface area (Å²) in [6.07, 6.45) is 0.306. The minimum absolute atomic E-state index is 0.00286. The molecule has 0 spiro atoms. The molecule has 1 rings (SSSR count). The van der Waals surface area contributed by atoms with Gasteiger partial charge >= 0.3 is 6.09 Å². The largest absolute Gasteiger partial charge is 0.444 e. The number of nitrogens with zero attached hydrogens (tertiary/aromatic N) is 2. The number of carbonyl (C=O) groups excluding carboxylic acids is 1. The first-order chi connectivity index (χ1) is 13.1. The molecule has 0 saturated heterocycles. The van der Waals surface area contributed by atoms with Crippen LogP contribution in [0.2, 0.25) is 0 Å². The van der Waals surface area contributed by atoms with Gasteiger partial charge in [0.1, 0.15) is 11.4 Å². The van der Waals surface area contributed by atoms with Gasteiger partial charge in [-0.1, -0.05) is 12.1 Å². The quantitative estimate of drug-likeness (QED) is 0.358. The summed E-state index contributed by atoms with van der Waals surface area (Å²) in [7, 11) is 5.60. The number of amides is 1. The Labute approximate surface area is 167 Å². The fraction of sp³-hybridized carbons (Fsp3) is 0.600. The average molecular weight is 396 g/mol. The van der Waals surface area contributed by atoms with Gasteiger partial charge in [0.15, 0.2) is 5.96 Å². The predicted molar refractivity (Wildman–Crippen MR) is 111 cm³/mol. The standard InChI is InChI=1S/C20H34FN5O2/c1-20(2,3)28-19(27)24-12-8-11-23-18(22-4)25-14-17(26(5)6)15-9-7-10-16(21)13-15/h7,9-10,13,17H,8,11-12,14H2,1-6H3,(H,24,27)(H2,22,23,25).